The minimum Gasteiger partial charge on any atom is -0.300 e. The summed E-state index contributed by atoms with van der Waals surface area (Å²) in [6.45, 7) is 0. The minimum absolute atomic E-state index is 0.0177. The maximum absolute atomic E-state index is 12.8. The number of carbonyl (C=O) groups excluding carboxylic acids is 1. The number of rotatable bonds is 7. The van der Waals surface area contributed by atoms with Crippen molar-refractivity contribution < 1.29 is 9.72 Å². The Balaban J connectivity index is 1.42. The van der Waals surface area contributed by atoms with E-state index in [0.717, 1.165) is 44.2 Å². The van der Waals surface area contributed by atoms with Crippen LogP contribution >= 0.6 is 22.7 Å². The van der Waals surface area contributed by atoms with Gasteiger partial charge in [-0.05, 0) is 54.3 Å². The normalized spacial score (nSPS) is 13.9. The van der Waals surface area contributed by atoms with E-state index in [1.165, 1.54) is 34.8 Å². The van der Waals surface area contributed by atoms with E-state index < -0.39 is 4.92 Å². The molecule has 1 saturated carbocycles. The van der Waals surface area contributed by atoms with Gasteiger partial charge in [0.25, 0.3) is 5.69 Å². The monoisotopic (exact) mass is 463 g/mol. The SMILES string of the molecule is O=C(CC(=Cc1ccc([N+](=O)[O-])cc1)c1nc2ccccc2s1)Nc1nnc(C2CC2)s1. The lowest BCUT2D eigenvalue weighted by atomic mass is 10.1. The molecule has 0 unspecified atom stereocenters. The van der Waals surface area contributed by atoms with Gasteiger partial charge < -0.3 is 5.32 Å². The van der Waals surface area contributed by atoms with Gasteiger partial charge >= 0.3 is 0 Å². The lowest BCUT2D eigenvalue weighted by Crippen LogP contribution is -2.11. The van der Waals surface area contributed by atoms with Crippen molar-refractivity contribution in [1.82, 2.24) is 15.2 Å². The smallest absolute Gasteiger partial charge is 0.269 e. The Labute approximate surface area is 190 Å². The van der Waals surface area contributed by atoms with Gasteiger partial charge in [0.15, 0.2) is 0 Å². The molecule has 0 aliphatic heterocycles. The van der Waals surface area contributed by atoms with Gasteiger partial charge in [0.1, 0.15) is 10.0 Å². The molecule has 2 aromatic carbocycles. The molecule has 5 rings (SSSR count). The molecule has 0 saturated heterocycles. The first-order valence-electron chi connectivity index (χ1n) is 9.99. The fourth-order valence-corrected chi connectivity index (χ4v) is 5.12. The lowest BCUT2D eigenvalue weighted by molar-refractivity contribution is -0.384. The summed E-state index contributed by atoms with van der Waals surface area (Å²) in [5.74, 6) is 0.273. The van der Waals surface area contributed by atoms with Crippen LogP contribution in [0.2, 0.25) is 0 Å². The van der Waals surface area contributed by atoms with Crippen LogP contribution < -0.4 is 5.32 Å². The van der Waals surface area contributed by atoms with Crippen molar-refractivity contribution in [2.45, 2.75) is 25.2 Å². The topological polar surface area (TPSA) is 111 Å². The molecule has 0 bridgehead atoms. The number of nitrogens with one attached hydrogen (secondary N) is 1. The molecule has 2 aromatic heterocycles. The number of carbonyl (C=O) groups is 1. The van der Waals surface area contributed by atoms with Crippen LogP contribution in [0.15, 0.2) is 48.5 Å². The summed E-state index contributed by atoms with van der Waals surface area (Å²) in [5.41, 5.74) is 2.36. The van der Waals surface area contributed by atoms with Crippen LogP contribution in [-0.4, -0.2) is 26.0 Å². The van der Waals surface area contributed by atoms with E-state index in [0.29, 0.717) is 11.0 Å². The Morgan fingerprint density at radius 2 is 1.91 bits per heavy atom. The van der Waals surface area contributed by atoms with E-state index >= 15 is 0 Å². The van der Waals surface area contributed by atoms with Crippen LogP contribution in [0.4, 0.5) is 10.8 Å². The molecule has 160 valence electrons. The average Bonchev–Trinajstić information content (AvgIpc) is 3.37. The second kappa shape index (κ2) is 8.56. The Morgan fingerprint density at radius 3 is 2.62 bits per heavy atom. The molecular formula is C22H17N5O3S2. The molecule has 1 aliphatic rings. The number of para-hydroxylation sites is 1. The highest BCUT2D eigenvalue weighted by Crippen LogP contribution is 2.42. The van der Waals surface area contributed by atoms with E-state index in [9.17, 15) is 14.9 Å². The number of amides is 1. The molecule has 0 atom stereocenters. The summed E-state index contributed by atoms with van der Waals surface area (Å²) in [5, 5.41) is 24.2. The number of non-ortho nitro benzene ring substituents is 1. The molecule has 0 spiro atoms. The van der Waals surface area contributed by atoms with Gasteiger partial charge in [-0.15, -0.1) is 21.5 Å². The Morgan fingerprint density at radius 1 is 1.12 bits per heavy atom. The fourth-order valence-electron chi connectivity index (χ4n) is 3.21. The molecule has 0 radical (unpaired) electrons. The van der Waals surface area contributed by atoms with Crippen LogP contribution in [0, 0.1) is 10.1 Å². The maximum Gasteiger partial charge on any atom is 0.269 e. The van der Waals surface area contributed by atoms with Gasteiger partial charge in [-0.1, -0.05) is 23.5 Å². The van der Waals surface area contributed by atoms with Crippen molar-refractivity contribution in [2.75, 3.05) is 5.32 Å². The first-order chi connectivity index (χ1) is 15.5. The highest BCUT2D eigenvalue weighted by atomic mass is 32.1. The summed E-state index contributed by atoms with van der Waals surface area (Å²) < 4.78 is 1.02. The number of benzene rings is 2. The number of aromatic nitrogens is 3. The number of nitro groups is 1. The summed E-state index contributed by atoms with van der Waals surface area (Å²) in [6.07, 6.45) is 4.19. The number of anilines is 1. The quantitative estimate of drug-likeness (QED) is 0.286. The van der Waals surface area contributed by atoms with Crippen LogP contribution in [0.5, 0.6) is 0 Å². The minimum atomic E-state index is -0.437. The zero-order valence-electron chi connectivity index (χ0n) is 16.7. The van der Waals surface area contributed by atoms with Gasteiger partial charge in [0, 0.05) is 18.1 Å². The zero-order chi connectivity index (χ0) is 22.1. The van der Waals surface area contributed by atoms with E-state index in [2.05, 4.69) is 20.5 Å². The first-order valence-corrected chi connectivity index (χ1v) is 11.6. The predicted molar refractivity (Wildman–Crippen MR) is 126 cm³/mol. The summed E-state index contributed by atoms with van der Waals surface area (Å²) >= 11 is 2.92. The third-order valence-corrected chi connectivity index (χ3v) is 7.09. The maximum atomic E-state index is 12.8. The second-order valence-electron chi connectivity index (χ2n) is 7.45. The van der Waals surface area contributed by atoms with E-state index in [1.807, 2.05) is 30.3 Å². The third-order valence-electron chi connectivity index (χ3n) is 4.98. The van der Waals surface area contributed by atoms with Gasteiger partial charge in [-0.25, -0.2) is 4.98 Å². The molecule has 1 aliphatic carbocycles. The molecule has 1 fully saturated rings. The Hall–Kier alpha value is -3.50. The molecule has 32 heavy (non-hydrogen) atoms. The first kappa shape index (κ1) is 20.4. The van der Waals surface area contributed by atoms with Crippen LogP contribution in [0.25, 0.3) is 21.9 Å². The molecular weight excluding hydrogens is 446 g/mol. The molecule has 10 heteroatoms. The third kappa shape index (κ3) is 4.56. The van der Waals surface area contributed by atoms with Crippen LogP contribution in [-0.2, 0) is 4.79 Å². The highest BCUT2D eigenvalue weighted by Gasteiger charge is 2.27. The highest BCUT2D eigenvalue weighted by molar-refractivity contribution is 7.19. The van der Waals surface area contributed by atoms with Gasteiger partial charge in [0.2, 0.25) is 11.0 Å². The predicted octanol–water partition coefficient (Wildman–Crippen LogP) is 5.50. The average molecular weight is 464 g/mol. The molecule has 8 nitrogen and oxygen atoms in total. The number of nitro benzene ring substituents is 1. The summed E-state index contributed by atoms with van der Waals surface area (Å²) in [6, 6.07) is 14.0. The van der Waals surface area contributed by atoms with Gasteiger partial charge in [-0.2, -0.15) is 0 Å². The summed E-state index contributed by atoms with van der Waals surface area (Å²) in [7, 11) is 0. The Kier molecular flexibility index (Phi) is 5.46. The number of fused-ring (bicyclic) bond motifs is 1. The van der Waals surface area contributed by atoms with Crippen LogP contribution in [0.3, 0.4) is 0 Å². The van der Waals surface area contributed by atoms with E-state index in [-0.39, 0.29) is 18.0 Å². The van der Waals surface area contributed by atoms with Crippen molar-refractivity contribution >= 4 is 61.3 Å². The van der Waals surface area contributed by atoms with E-state index in [1.54, 1.807) is 12.1 Å². The molecule has 1 N–H and O–H groups in total. The second-order valence-corrected chi connectivity index (χ2v) is 9.49. The van der Waals surface area contributed by atoms with Gasteiger partial charge in [0.05, 0.1) is 21.6 Å². The van der Waals surface area contributed by atoms with Crippen molar-refractivity contribution in [1.29, 1.82) is 0 Å². The largest absolute Gasteiger partial charge is 0.300 e. The molecule has 1 amide bonds. The zero-order valence-corrected chi connectivity index (χ0v) is 18.4. The van der Waals surface area contributed by atoms with Crippen LogP contribution in [0.1, 0.15) is 40.8 Å². The van der Waals surface area contributed by atoms with Crippen molar-refractivity contribution in [2.24, 2.45) is 0 Å². The van der Waals surface area contributed by atoms with Crippen molar-refractivity contribution in [3.63, 3.8) is 0 Å². The van der Waals surface area contributed by atoms with E-state index in [4.69, 9.17) is 0 Å². The number of hydrogen-bond donors (Lipinski definition) is 1. The molecule has 4 aromatic rings. The van der Waals surface area contributed by atoms with Crippen molar-refractivity contribution in [3.8, 4) is 0 Å². The lowest BCUT2D eigenvalue weighted by Gasteiger charge is -2.05. The Bertz CT molecular complexity index is 1310. The fraction of sp³-hybridized carbons (Fsp3) is 0.182. The van der Waals surface area contributed by atoms with Crippen molar-refractivity contribution in [3.05, 3.63) is 74.2 Å². The number of nitrogens with zero attached hydrogens (tertiary/aromatic N) is 4. The summed E-state index contributed by atoms with van der Waals surface area (Å²) in [4.78, 5) is 28.0. The standard InChI is InChI=1S/C22H17N5O3S2/c28-19(24-22-26-25-21(32-22)14-7-8-14)12-15(11-13-5-9-16(10-6-13)27(29)30)20-23-17-3-1-2-4-18(17)31-20/h1-6,9-11,14H,7-8,12H2,(H,24,26,28). The van der Waals surface area contributed by atoms with Gasteiger partial charge in [-0.3, -0.25) is 14.9 Å². The molecule has 2 heterocycles. The number of hydrogen-bond acceptors (Lipinski definition) is 8. The number of thiazole rings is 1.